The van der Waals surface area contributed by atoms with Gasteiger partial charge in [-0.3, -0.25) is 4.79 Å². The summed E-state index contributed by atoms with van der Waals surface area (Å²) in [6.45, 7) is 5.16. The molecular weight excluding hydrogens is 160 g/mol. The third kappa shape index (κ3) is 2.79. The number of carbonyl (C=O) groups is 1. The maximum Gasteiger partial charge on any atom is 0.293 e. The lowest BCUT2D eigenvalue weighted by Gasteiger charge is -2.16. The molecule has 12 heavy (non-hydrogen) atoms. The van der Waals surface area contributed by atoms with Crippen LogP contribution in [-0.2, 0) is 19.0 Å². The maximum atomic E-state index is 9.81. The average Bonchev–Trinajstić information content (AvgIpc) is 2.31. The second-order valence-corrected chi connectivity index (χ2v) is 3.21. The first-order valence-corrected chi connectivity index (χ1v) is 4.01. The molecule has 70 valence electrons. The van der Waals surface area contributed by atoms with E-state index in [1.165, 1.54) is 0 Å². The number of hydrogen-bond donors (Lipinski definition) is 0. The first-order chi connectivity index (χ1) is 5.64. The van der Waals surface area contributed by atoms with Gasteiger partial charge in [-0.2, -0.15) is 0 Å². The molecule has 1 aliphatic heterocycles. The van der Waals surface area contributed by atoms with Gasteiger partial charge in [0.25, 0.3) is 6.47 Å². The van der Waals surface area contributed by atoms with Gasteiger partial charge in [0.15, 0.2) is 5.79 Å². The third-order valence-electron chi connectivity index (χ3n) is 1.69. The van der Waals surface area contributed by atoms with Crippen molar-refractivity contribution in [2.75, 3.05) is 13.2 Å². The van der Waals surface area contributed by atoms with Crippen LogP contribution in [0.5, 0.6) is 0 Å². The highest BCUT2D eigenvalue weighted by Gasteiger charge is 2.32. The average molecular weight is 174 g/mol. The van der Waals surface area contributed by atoms with E-state index in [0.29, 0.717) is 26.1 Å². The molecule has 0 spiro atoms. The first kappa shape index (κ1) is 9.48. The monoisotopic (exact) mass is 174 g/mol. The lowest BCUT2D eigenvalue weighted by atomic mass is 10.3. The first-order valence-electron chi connectivity index (χ1n) is 4.01. The van der Waals surface area contributed by atoms with Gasteiger partial charge >= 0.3 is 0 Å². The molecule has 1 saturated heterocycles. The lowest BCUT2D eigenvalue weighted by Crippen LogP contribution is -2.22. The quantitative estimate of drug-likeness (QED) is 0.465. The summed E-state index contributed by atoms with van der Waals surface area (Å²) in [7, 11) is 0. The van der Waals surface area contributed by atoms with Crippen LogP contribution < -0.4 is 0 Å². The Balaban J connectivity index is 2.15. The number of carbonyl (C=O) groups excluding carboxylic acids is 1. The second-order valence-electron chi connectivity index (χ2n) is 3.21. The molecule has 0 bridgehead atoms. The van der Waals surface area contributed by atoms with Crippen molar-refractivity contribution in [3.63, 3.8) is 0 Å². The molecule has 1 rings (SSSR count). The summed E-state index contributed by atoms with van der Waals surface area (Å²) in [5.41, 5.74) is 0. The standard InChI is InChI=1S/C8H14O4/c1-8(2)11-5-7(12-8)3-4-10-6-9/h6-7H,3-5H2,1-2H3. The minimum atomic E-state index is -0.480. The smallest absolute Gasteiger partial charge is 0.293 e. The van der Waals surface area contributed by atoms with E-state index in [1.54, 1.807) is 0 Å². The fourth-order valence-electron chi connectivity index (χ4n) is 1.15. The molecule has 0 amide bonds. The van der Waals surface area contributed by atoms with Crippen LogP contribution in [0, 0.1) is 0 Å². The molecule has 1 atom stereocenters. The van der Waals surface area contributed by atoms with Gasteiger partial charge in [-0.05, 0) is 13.8 Å². The van der Waals surface area contributed by atoms with Crippen LogP contribution in [0.15, 0.2) is 0 Å². The summed E-state index contributed by atoms with van der Waals surface area (Å²) in [6, 6.07) is 0. The summed E-state index contributed by atoms with van der Waals surface area (Å²) in [4.78, 5) is 9.81. The number of hydrogen-bond acceptors (Lipinski definition) is 4. The van der Waals surface area contributed by atoms with E-state index >= 15 is 0 Å². The second kappa shape index (κ2) is 3.87. The van der Waals surface area contributed by atoms with Gasteiger partial charge in [-0.1, -0.05) is 0 Å². The van der Waals surface area contributed by atoms with Gasteiger partial charge in [0.1, 0.15) is 0 Å². The minimum Gasteiger partial charge on any atom is -0.468 e. The number of rotatable bonds is 4. The highest BCUT2D eigenvalue weighted by molar-refractivity contribution is 5.36. The zero-order valence-electron chi connectivity index (χ0n) is 7.41. The van der Waals surface area contributed by atoms with Gasteiger partial charge in [0.05, 0.1) is 19.3 Å². The Labute approximate surface area is 71.8 Å². The van der Waals surface area contributed by atoms with E-state index in [9.17, 15) is 4.79 Å². The Morgan fingerprint density at radius 3 is 2.92 bits per heavy atom. The summed E-state index contributed by atoms with van der Waals surface area (Å²) in [6.07, 6.45) is 0.752. The molecule has 0 N–H and O–H groups in total. The van der Waals surface area contributed by atoms with E-state index in [2.05, 4.69) is 4.74 Å². The Morgan fingerprint density at radius 2 is 2.42 bits per heavy atom. The highest BCUT2D eigenvalue weighted by atomic mass is 16.7. The molecule has 0 aromatic carbocycles. The van der Waals surface area contributed by atoms with Gasteiger partial charge in [0.2, 0.25) is 0 Å². The largest absolute Gasteiger partial charge is 0.468 e. The predicted molar refractivity (Wildman–Crippen MR) is 41.5 cm³/mol. The van der Waals surface area contributed by atoms with E-state index in [4.69, 9.17) is 9.47 Å². The zero-order chi connectivity index (χ0) is 9.03. The Bertz CT molecular complexity index is 155. The van der Waals surface area contributed by atoms with Gasteiger partial charge < -0.3 is 14.2 Å². The zero-order valence-corrected chi connectivity index (χ0v) is 7.41. The SMILES string of the molecule is CC1(C)OCC(CCOC=O)O1. The molecule has 0 radical (unpaired) electrons. The van der Waals surface area contributed by atoms with E-state index in [1.807, 2.05) is 13.8 Å². The molecule has 4 nitrogen and oxygen atoms in total. The van der Waals surface area contributed by atoms with Crippen LogP contribution in [0.4, 0.5) is 0 Å². The van der Waals surface area contributed by atoms with Crippen molar-refractivity contribution in [3.8, 4) is 0 Å². The molecule has 0 saturated carbocycles. The molecule has 4 heteroatoms. The predicted octanol–water partition coefficient (Wildman–Crippen LogP) is 0.701. The van der Waals surface area contributed by atoms with Crippen molar-refractivity contribution in [1.29, 1.82) is 0 Å². The molecule has 1 aliphatic rings. The van der Waals surface area contributed by atoms with Crippen LogP contribution in [0.25, 0.3) is 0 Å². The summed E-state index contributed by atoms with van der Waals surface area (Å²) >= 11 is 0. The van der Waals surface area contributed by atoms with Crippen molar-refractivity contribution in [3.05, 3.63) is 0 Å². The van der Waals surface area contributed by atoms with Gasteiger partial charge in [0, 0.05) is 6.42 Å². The Kier molecular flexibility index (Phi) is 3.05. The lowest BCUT2D eigenvalue weighted by molar-refractivity contribution is -0.141. The van der Waals surface area contributed by atoms with Crippen LogP contribution in [0.3, 0.4) is 0 Å². The highest BCUT2D eigenvalue weighted by Crippen LogP contribution is 2.23. The van der Waals surface area contributed by atoms with Crippen molar-refractivity contribution in [2.24, 2.45) is 0 Å². The van der Waals surface area contributed by atoms with Crippen LogP contribution in [-0.4, -0.2) is 31.6 Å². The minimum absolute atomic E-state index is 0.0555. The molecule has 1 unspecified atom stereocenters. The van der Waals surface area contributed by atoms with Crippen LogP contribution >= 0.6 is 0 Å². The molecule has 1 fully saturated rings. The van der Waals surface area contributed by atoms with Gasteiger partial charge in [-0.15, -0.1) is 0 Å². The molecule has 0 aliphatic carbocycles. The fraction of sp³-hybridized carbons (Fsp3) is 0.875. The summed E-state index contributed by atoms with van der Waals surface area (Å²) in [5, 5.41) is 0. The van der Waals surface area contributed by atoms with Crippen LogP contribution in [0.2, 0.25) is 0 Å². The van der Waals surface area contributed by atoms with Crippen molar-refractivity contribution >= 4 is 6.47 Å². The van der Waals surface area contributed by atoms with E-state index in [-0.39, 0.29) is 6.10 Å². The molecular formula is C8H14O4. The number of ether oxygens (including phenoxy) is 3. The Morgan fingerprint density at radius 1 is 1.67 bits per heavy atom. The summed E-state index contributed by atoms with van der Waals surface area (Å²) < 4.78 is 15.3. The fourth-order valence-corrected chi connectivity index (χ4v) is 1.15. The normalized spacial score (nSPS) is 27.0. The maximum absolute atomic E-state index is 9.81. The molecule has 0 aromatic rings. The summed E-state index contributed by atoms with van der Waals surface area (Å²) in [5.74, 6) is -0.480. The molecule has 1 heterocycles. The third-order valence-corrected chi connectivity index (χ3v) is 1.69. The van der Waals surface area contributed by atoms with E-state index < -0.39 is 5.79 Å². The Hall–Kier alpha value is -0.610. The van der Waals surface area contributed by atoms with Crippen molar-refractivity contribution in [1.82, 2.24) is 0 Å². The topological polar surface area (TPSA) is 44.8 Å². The van der Waals surface area contributed by atoms with Crippen molar-refractivity contribution < 1.29 is 19.0 Å². The van der Waals surface area contributed by atoms with E-state index in [0.717, 1.165) is 0 Å². The van der Waals surface area contributed by atoms with Gasteiger partial charge in [-0.25, -0.2) is 0 Å². The molecule has 0 aromatic heterocycles. The van der Waals surface area contributed by atoms with Crippen LogP contribution in [0.1, 0.15) is 20.3 Å². The van der Waals surface area contributed by atoms with Crippen molar-refractivity contribution in [2.45, 2.75) is 32.2 Å².